The minimum atomic E-state index is 0.137. The van der Waals surface area contributed by atoms with Gasteiger partial charge in [-0.1, -0.05) is 12.8 Å². The van der Waals surface area contributed by atoms with E-state index in [9.17, 15) is 4.79 Å². The molecule has 1 saturated carbocycles. The molecule has 3 unspecified atom stereocenters. The van der Waals surface area contributed by atoms with Crippen molar-refractivity contribution in [1.29, 1.82) is 0 Å². The van der Waals surface area contributed by atoms with Crippen LogP contribution in [-0.4, -0.2) is 36.7 Å². The van der Waals surface area contributed by atoms with E-state index >= 15 is 0 Å². The summed E-state index contributed by atoms with van der Waals surface area (Å²) in [5, 5.41) is 6.45. The van der Waals surface area contributed by atoms with Gasteiger partial charge in [0.1, 0.15) is 0 Å². The maximum atomic E-state index is 11.8. The second-order valence-corrected chi connectivity index (χ2v) is 5.65. The van der Waals surface area contributed by atoms with Crippen molar-refractivity contribution in [3.8, 4) is 0 Å². The third-order valence-electron chi connectivity index (χ3n) is 4.36. The zero-order chi connectivity index (χ0) is 11.7. The van der Waals surface area contributed by atoms with Crippen LogP contribution in [0.3, 0.4) is 0 Å². The highest BCUT2D eigenvalue weighted by molar-refractivity contribution is 5.78. The molecule has 3 aliphatic rings. The zero-order valence-electron chi connectivity index (χ0n) is 10.3. The molecular weight excluding hydrogens is 216 g/mol. The summed E-state index contributed by atoms with van der Waals surface area (Å²) in [5.41, 5.74) is 0. The van der Waals surface area contributed by atoms with Gasteiger partial charge in [0, 0.05) is 6.04 Å². The average molecular weight is 238 g/mol. The predicted octanol–water partition coefficient (Wildman–Crippen LogP) is 0.955. The van der Waals surface area contributed by atoms with Crippen LogP contribution < -0.4 is 10.6 Å². The Morgan fingerprint density at radius 1 is 1.18 bits per heavy atom. The Kier molecular flexibility index (Phi) is 3.34. The Hall–Kier alpha value is -0.610. The Labute approximate surface area is 102 Å². The summed E-state index contributed by atoms with van der Waals surface area (Å²) in [6, 6.07) is 0.837. The van der Waals surface area contributed by atoms with E-state index in [0.717, 1.165) is 12.8 Å². The SMILES string of the molecule is O=C(CNC1CCCC1)NC1CC2CCC1O2. The van der Waals surface area contributed by atoms with E-state index in [4.69, 9.17) is 4.74 Å². The van der Waals surface area contributed by atoms with Gasteiger partial charge >= 0.3 is 0 Å². The predicted molar refractivity (Wildman–Crippen MR) is 64.7 cm³/mol. The molecule has 2 saturated heterocycles. The highest BCUT2D eigenvalue weighted by Crippen LogP contribution is 2.34. The number of carbonyl (C=O) groups excluding carboxylic acids is 1. The molecule has 0 spiro atoms. The van der Waals surface area contributed by atoms with Crippen molar-refractivity contribution in [3.63, 3.8) is 0 Å². The second kappa shape index (κ2) is 4.94. The van der Waals surface area contributed by atoms with Crippen LogP contribution in [0.1, 0.15) is 44.9 Å². The van der Waals surface area contributed by atoms with Crippen molar-refractivity contribution in [3.05, 3.63) is 0 Å². The molecule has 2 aliphatic heterocycles. The van der Waals surface area contributed by atoms with Crippen LogP contribution in [0.5, 0.6) is 0 Å². The van der Waals surface area contributed by atoms with Gasteiger partial charge in [0.25, 0.3) is 0 Å². The molecule has 2 N–H and O–H groups in total. The minimum absolute atomic E-state index is 0.137. The molecule has 96 valence electrons. The van der Waals surface area contributed by atoms with Crippen molar-refractivity contribution >= 4 is 5.91 Å². The average Bonchev–Trinajstić information content (AvgIpc) is 3.03. The van der Waals surface area contributed by atoms with E-state index in [2.05, 4.69) is 10.6 Å². The number of amides is 1. The Balaban J connectivity index is 1.38. The van der Waals surface area contributed by atoms with Crippen LogP contribution in [0.4, 0.5) is 0 Å². The van der Waals surface area contributed by atoms with Gasteiger partial charge in [0.15, 0.2) is 0 Å². The number of hydrogen-bond donors (Lipinski definition) is 2. The molecule has 0 aromatic heterocycles. The Morgan fingerprint density at radius 2 is 2.00 bits per heavy atom. The summed E-state index contributed by atoms with van der Waals surface area (Å²) < 4.78 is 5.73. The Bertz CT molecular complexity index is 289. The first-order valence-corrected chi connectivity index (χ1v) is 6.99. The number of rotatable bonds is 4. The largest absolute Gasteiger partial charge is 0.373 e. The van der Waals surface area contributed by atoms with Crippen LogP contribution >= 0.6 is 0 Å². The van der Waals surface area contributed by atoms with Gasteiger partial charge in [-0.3, -0.25) is 4.79 Å². The van der Waals surface area contributed by atoms with Gasteiger partial charge in [-0.25, -0.2) is 0 Å². The molecule has 1 amide bonds. The lowest BCUT2D eigenvalue weighted by atomic mass is 9.95. The van der Waals surface area contributed by atoms with Crippen LogP contribution in [0.2, 0.25) is 0 Å². The number of nitrogens with one attached hydrogen (secondary N) is 2. The van der Waals surface area contributed by atoms with Gasteiger partial charge in [-0.2, -0.15) is 0 Å². The van der Waals surface area contributed by atoms with Gasteiger partial charge in [0.05, 0.1) is 24.8 Å². The number of fused-ring (bicyclic) bond motifs is 2. The standard InChI is InChI=1S/C13H22N2O2/c16-13(8-14-9-3-1-2-4-9)15-11-7-10-5-6-12(11)17-10/h9-12,14H,1-8H2,(H,15,16). The minimum Gasteiger partial charge on any atom is -0.373 e. The molecule has 0 aromatic carbocycles. The quantitative estimate of drug-likeness (QED) is 0.767. The van der Waals surface area contributed by atoms with Gasteiger partial charge in [-0.05, 0) is 32.1 Å². The van der Waals surface area contributed by atoms with Gasteiger partial charge in [0.2, 0.25) is 5.91 Å². The second-order valence-electron chi connectivity index (χ2n) is 5.65. The maximum absolute atomic E-state index is 11.8. The number of carbonyl (C=O) groups is 1. The Morgan fingerprint density at radius 3 is 2.65 bits per heavy atom. The first-order valence-electron chi connectivity index (χ1n) is 6.99. The fourth-order valence-corrected chi connectivity index (χ4v) is 3.41. The van der Waals surface area contributed by atoms with Crippen molar-refractivity contribution in [2.24, 2.45) is 0 Å². The topological polar surface area (TPSA) is 50.4 Å². The van der Waals surface area contributed by atoms with Crippen LogP contribution in [0, 0.1) is 0 Å². The van der Waals surface area contributed by atoms with E-state index in [1.165, 1.54) is 32.1 Å². The molecule has 4 heteroatoms. The van der Waals surface area contributed by atoms with Crippen molar-refractivity contribution in [2.75, 3.05) is 6.54 Å². The zero-order valence-corrected chi connectivity index (χ0v) is 10.3. The fraction of sp³-hybridized carbons (Fsp3) is 0.923. The number of hydrogen-bond acceptors (Lipinski definition) is 3. The highest BCUT2D eigenvalue weighted by Gasteiger charge is 2.41. The normalized spacial score (nSPS) is 36.6. The molecule has 3 rings (SSSR count). The van der Waals surface area contributed by atoms with Crippen molar-refractivity contribution < 1.29 is 9.53 Å². The highest BCUT2D eigenvalue weighted by atomic mass is 16.5. The van der Waals surface area contributed by atoms with E-state index in [-0.39, 0.29) is 18.1 Å². The summed E-state index contributed by atoms with van der Waals surface area (Å²) in [6.45, 7) is 0.471. The lowest BCUT2D eigenvalue weighted by Crippen LogP contribution is -2.46. The molecule has 3 atom stereocenters. The van der Waals surface area contributed by atoms with Gasteiger partial charge < -0.3 is 15.4 Å². The van der Waals surface area contributed by atoms with E-state index in [1.807, 2.05) is 0 Å². The summed E-state index contributed by atoms with van der Waals surface area (Å²) in [4.78, 5) is 11.8. The fourth-order valence-electron chi connectivity index (χ4n) is 3.41. The van der Waals surface area contributed by atoms with Crippen LogP contribution in [0.25, 0.3) is 0 Å². The molecule has 2 heterocycles. The lowest BCUT2D eigenvalue weighted by Gasteiger charge is -2.20. The van der Waals surface area contributed by atoms with E-state index in [0.29, 0.717) is 18.7 Å². The summed E-state index contributed by atoms with van der Waals surface area (Å²) in [7, 11) is 0. The first-order chi connectivity index (χ1) is 8.31. The third-order valence-corrected chi connectivity index (χ3v) is 4.36. The first kappa shape index (κ1) is 11.5. The maximum Gasteiger partial charge on any atom is 0.234 e. The smallest absolute Gasteiger partial charge is 0.234 e. The lowest BCUT2D eigenvalue weighted by molar-refractivity contribution is -0.121. The van der Waals surface area contributed by atoms with Crippen molar-refractivity contribution in [2.45, 2.75) is 69.2 Å². The number of ether oxygens (including phenoxy) is 1. The van der Waals surface area contributed by atoms with Crippen molar-refractivity contribution in [1.82, 2.24) is 10.6 Å². The monoisotopic (exact) mass is 238 g/mol. The van der Waals surface area contributed by atoms with E-state index < -0.39 is 0 Å². The van der Waals surface area contributed by atoms with Crippen LogP contribution in [0.15, 0.2) is 0 Å². The summed E-state index contributed by atoms with van der Waals surface area (Å²) >= 11 is 0. The third kappa shape index (κ3) is 2.63. The summed E-state index contributed by atoms with van der Waals surface area (Å²) in [6.07, 6.45) is 9.07. The molecule has 17 heavy (non-hydrogen) atoms. The molecular formula is C13H22N2O2. The molecule has 0 aromatic rings. The van der Waals surface area contributed by atoms with E-state index in [1.54, 1.807) is 0 Å². The molecule has 4 nitrogen and oxygen atoms in total. The molecule has 3 fully saturated rings. The molecule has 1 aliphatic carbocycles. The molecule has 0 radical (unpaired) electrons. The van der Waals surface area contributed by atoms with Gasteiger partial charge in [-0.15, -0.1) is 0 Å². The van der Waals surface area contributed by atoms with Crippen LogP contribution in [-0.2, 0) is 9.53 Å². The molecule has 2 bridgehead atoms. The summed E-state index contributed by atoms with van der Waals surface area (Å²) in [5.74, 6) is 0.137.